The molecule has 4 nitrogen and oxygen atoms in total. The van der Waals surface area contributed by atoms with Gasteiger partial charge in [0.2, 0.25) is 0 Å². The van der Waals surface area contributed by atoms with Crippen molar-refractivity contribution in [1.29, 1.82) is 0 Å². The molecule has 2 heterocycles. The third-order valence-electron chi connectivity index (χ3n) is 2.57. The van der Waals surface area contributed by atoms with Crippen molar-refractivity contribution in [2.24, 2.45) is 5.92 Å². The predicted molar refractivity (Wildman–Crippen MR) is 56.0 cm³/mol. The summed E-state index contributed by atoms with van der Waals surface area (Å²) in [7, 11) is 0. The zero-order valence-corrected chi connectivity index (χ0v) is 9.77. The molecule has 0 spiro atoms. The van der Waals surface area contributed by atoms with Gasteiger partial charge in [-0.2, -0.15) is 22.5 Å². The minimum Gasteiger partial charge on any atom is -0.469 e. The van der Waals surface area contributed by atoms with Crippen LogP contribution in [0.4, 0.5) is 13.2 Å². The van der Waals surface area contributed by atoms with Gasteiger partial charge < -0.3 is 10.1 Å². The number of rotatable bonds is 4. The minimum atomic E-state index is -4.49. The van der Waals surface area contributed by atoms with Crippen molar-refractivity contribution in [3.8, 4) is 5.19 Å². The van der Waals surface area contributed by atoms with Crippen molar-refractivity contribution in [3.63, 3.8) is 0 Å². The second kappa shape index (κ2) is 5.18. The molecule has 1 unspecified atom stereocenters. The van der Waals surface area contributed by atoms with E-state index < -0.39 is 12.0 Å². The van der Waals surface area contributed by atoms with Gasteiger partial charge in [0.25, 0.3) is 11.0 Å². The Kier molecular flexibility index (Phi) is 3.82. The molecule has 1 aromatic rings. The third kappa shape index (κ3) is 3.53. The number of hydrogen-bond donors (Lipinski definition) is 1. The first-order chi connectivity index (χ1) is 8.05. The number of nitrogens with one attached hydrogen (secondary N) is 1. The Hall–Kier alpha value is -0.890. The van der Waals surface area contributed by atoms with E-state index in [1.807, 2.05) is 0 Å². The molecular weight excluding hydrogens is 255 g/mol. The molecule has 1 aromatic heterocycles. The lowest BCUT2D eigenvalue weighted by Crippen LogP contribution is -2.12. The highest BCUT2D eigenvalue weighted by atomic mass is 32.1. The maximum atomic E-state index is 12.2. The van der Waals surface area contributed by atoms with E-state index in [2.05, 4.69) is 14.7 Å². The lowest BCUT2D eigenvalue weighted by atomic mass is 10.1. The summed E-state index contributed by atoms with van der Waals surface area (Å²) in [5.41, 5.74) is 0. The van der Waals surface area contributed by atoms with Crippen molar-refractivity contribution in [2.45, 2.75) is 19.0 Å². The van der Waals surface area contributed by atoms with Gasteiger partial charge in [-0.3, -0.25) is 0 Å². The van der Waals surface area contributed by atoms with Gasteiger partial charge in [-0.1, -0.05) is 0 Å². The summed E-state index contributed by atoms with van der Waals surface area (Å²) >= 11 is 0.640. The molecule has 96 valence electrons. The van der Waals surface area contributed by atoms with E-state index in [4.69, 9.17) is 4.74 Å². The van der Waals surface area contributed by atoms with E-state index in [1.165, 1.54) is 0 Å². The van der Waals surface area contributed by atoms with Gasteiger partial charge in [-0.15, -0.1) is 0 Å². The van der Waals surface area contributed by atoms with Crippen LogP contribution < -0.4 is 10.1 Å². The fraction of sp³-hybridized carbons (Fsp3) is 0.778. The lowest BCUT2D eigenvalue weighted by Gasteiger charge is -2.07. The van der Waals surface area contributed by atoms with Crippen LogP contribution in [0, 0.1) is 5.92 Å². The average molecular weight is 267 g/mol. The Morgan fingerprint density at radius 3 is 2.88 bits per heavy atom. The van der Waals surface area contributed by atoms with Gasteiger partial charge in [0.05, 0.1) is 6.61 Å². The summed E-state index contributed by atoms with van der Waals surface area (Å²) in [6.07, 6.45) is -2.57. The van der Waals surface area contributed by atoms with E-state index in [9.17, 15) is 13.2 Å². The molecular formula is C9H12F3N3OS. The Morgan fingerprint density at radius 2 is 2.29 bits per heavy atom. The highest BCUT2D eigenvalue weighted by Crippen LogP contribution is 2.29. The van der Waals surface area contributed by atoms with Crippen LogP contribution in [0.1, 0.15) is 18.7 Å². The molecule has 1 fully saturated rings. The van der Waals surface area contributed by atoms with Gasteiger partial charge in [-0.25, -0.2) is 0 Å². The topological polar surface area (TPSA) is 47.0 Å². The standard InChI is InChI=1S/C9H12F3N3OS/c10-9(11,12)7-14-8(17-15-7)16-4-2-6-1-3-13-5-6/h6,13H,1-5H2. The lowest BCUT2D eigenvalue weighted by molar-refractivity contribution is -0.144. The average Bonchev–Trinajstić information content (AvgIpc) is 2.86. The number of aromatic nitrogens is 2. The Balaban J connectivity index is 1.77. The van der Waals surface area contributed by atoms with Crippen LogP contribution in [0.3, 0.4) is 0 Å². The van der Waals surface area contributed by atoms with Crippen molar-refractivity contribution < 1.29 is 17.9 Å². The van der Waals surface area contributed by atoms with Crippen molar-refractivity contribution in [2.75, 3.05) is 19.7 Å². The molecule has 0 aliphatic carbocycles. The van der Waals surface area contributed by atoms with Gasteiger partial charge in [0.15, 0.2) is 0 Å². The minimum absolute atomic E-state index is 0.0109. The fourth-order valence-electron chi connectivity index (χ4n) is 1.66. The smallest absolute Gasteiger partial charge is 0.452 e. The third-order valence-corrected chi connectivity index (χ3v) is 3.20. The number of hydrogen-bond acceptors (Lipinski definition) is 5. The van der Waals surface area contributed by atoms with Crippen molar-refractivity contribution in [3.05, 3.63) is 5.82 Å². The highest BCUT2D eigenvalue weighted by molar-refractivity contribution is 7.07. The summed E-state index contributed by atoms with van der Waals surface area (Å²) in [6, 6.07) is 0. The molecule has 1 aliphatic heterocycles. The zero-order chi connectivity index (χ0) is 12.3. The molecule has 17 heavy (non-hydrogen) atoms. The number of halogens is 3. The van der Waals surface area contributed by atoms with Gasteiger partial charge in [0, 0.05) is 11.5 Å². The molecule has 1 saturated heterocycles. The maximum Gasteiger partial charge on any atom is 0.452 e. The van der Waals surface area contributed by atoms with Gasteiger partial charge >= 0.3 is 6.18 Å². The molecule has 0 amide bonds. The first-order valence-electron chi connectivity index (χ1n) is 5.30. The van der Waals surface area contributed by atoms with Crippen LogP contribution in [0.5, 0.6) is 5.19 Å². The SMILES string of the molecule is FC(F)(F)c1nsc(OCCC2CCNC2)n1. The highest BCUT2D eigenvalue weighted by Gasteiger charge is 2.36. The summed E-state index contributed by atoms with van der Waals surface area (Å²) < 4.78 is 44.9. The molecule has 0 saturated carbocycles. The van der Waals surface area contributed by atoms with E-state index in [0.29, 0.717) is 24.1 Å². The van der Waals surface area contributed by atoms with Crippen LogP contribution >= 0.6 is 11.5 Å². The van der Waals surface area contributed by atoms with Crippen LogP contribution in [0.15, 0.2) is 0 Å². The Morgan fingerprint density at radius 1 is 1.47 bits per heavy atom. The molecule has 2 rings (SSSR count). The molecule has 1 aliphatic rings. The van der Waals surface area contributed by atoms with Crippen LogP contribution in [0.2, 0.25) is 0 Å². The van der Waals surface area contributed by atoms with E-state index in [1.54, 1.807) is 0 Å². The summed E-state index contributed by atoms with van der Waals surface area (Å²) in [6.45, 7) is 2.34. The first kappa shape index (κ1) is 12.6. The second-order valence-electron chi connectivity index (χ2n) is 3.88. The van der Waals surface area contributed by atoms with Crippen LogP contribution in [-0.4, -0.2) is 29.1 Å². The molecule has 0 aromatic carbocycles. The maximum absolute atomic E-state index is 12.2. The summed E-state index contributed by atoms with van der Waals surface area (Å²) in [5.74, 6) is -0.579. The van der Waals surface area contributed by atoms with E-state index in [-0.39, 0.29) is 5.19 Å². The van der Waals surface area contributed by atoms with Crippen molar-refractivity contribution in [1.82, 2.24) is 14.7 Å². The van der Waals surface area contributed by atoms with Crippen LogP contribution in [-0.2, 0) is 6.18 Å². The van der Waals surface area contributed by atoms with Crippen LogP contribution in [0.25, 0.3) is 0 Å². The summed E-state index contributed by atoms with van der Waals surface area (Å²) in [4.78, 5) is 3.29. The monoisotopic (exact) mass is 267 g/mol. The van der Waals surface area contributed by atoms with Gasteiger partial charge in [0.1, 0.15) is 0 Å². The quantitative estimate of drug-likeness (QED) is 0.905. The molecule has 1 N–H and O–H groups in total. The van der Waals surface area contributed by atoms with Gasteiger partial charge in [-0.05, 0) is 31.8 Å². The predicted octanol–water partition coefficient (Wildman–Crippen LogP) is 1.94. The zero-order valence-electron chi connectivity index (χ0n) is 8.96. The molecule has 0 radical (unpaired) electrons. The fourth-order valence-corrected chi connectivity index (χ4v) is 2.23. The Labute approximate surface area is 100 Å². The molecule has 8 heteroatoms. The molecule has 0 bridgehead atoms. The van der Waals surface area contributed by atoms with Crippen molar-refractivity contribution >= 4 is 11.5 Å². The number of alkyl halides is 3. The normalized spacial score (nSPS) is 20.8. The number of nitrogens with zero attached hydrogens (tertiary/aromatic N) is 2. The second-order valence-corrected chi connectivity index (χ2v) is 4.59. The largest absolute Gasteiger partial charge is 0.469 e. The first-order valence-corrected chi connectivity index (χ1v) is 6.07. The molecule has 1 atom stereocenters. The van der Waals surface area contributed by atoms with E-state index >= 15 is 0 Å². The Bertz CT molecular complexity index is 363. The number of ether oxygens (including phenoxy) is 1. The summed E-state index contributed by atoms with van der Waals surface area (Å²) in [5, 5.41) is 3.20. The van der Waals surface area contributed by atoms with E-state index in [0.717, 1.165) is 25.9 Å².